The van der Waals surface area contributed by atoms with Crippen molar-refractivity contribution in [2.75, 3.05) is 11.9 Å². The van der Waals surface area contributed by atoms with Crippen LogP contribution in [-0.4, -0.2) is 12.5 Å². The number of carbonyl (C=O) groups excluding carboxylic acids is 1. The summed E-state index contributed by atoms with van der Waals surface area (Å²) in [5.41, 5.74) is 3.79. The minimum absolute atomic E-state index is 0.208. The van der Waals surface area contributed by atoms with Gasteiger partial charge in [0.15, 0.2) is 0 Å². The van der Waals surface area contributed by atoms with Crippen molar-refractivity contribution in [3.05, 3.63) is 83.9 Å². The van der Waals surface area contributed by atoms with E-state index in [-0.39, 0.29) is 5.91 Å². The van der Waals surface area contributed by atoms with Crippen molar-refractivity contribution in [1.29, 1.82) is 0 Å². The Hall–Kier alpha value is -3.53. The maximum Gasteiger partial charge on any atom is 0.260 e. The number of para-hydroxylation sites is 1. The van der Waals surface area contributed by atoms with Crippen LogP contribution in [0.4, 0.5) is 5.69 Å². The van der Waals surface area contributed by atoms with Crippen molar-refractivity contribution in [1.82, 2.24) is 0 Å². The van der Waals surface area contributed by atoms with Gasteiger partial charge in [0, 0.05) is 16.6 Å². The summed E-state index contributed by atoms with van der Waals surface area (Å²) in [6, 6.07) is 22.9. The maximum absolute atomic E-state index is 13.3. The molecule has 1 N–H and O–H groups in total. The lowest BCUT2D eigenvalue weighted by Gasteiger charge is -2.09. The van der Waals surface area contributed by atoms with Crippen LogP contribution < -0.4 is 10.1 Å². The van der Waals surface area contributed by atoms with E-state index in [1.54, 1.807) is 0 Å². The number of benzene rings is 3. The molecule has 1 aromatic heterocycles. The zero-order valence-electron chi connectivity index (χ0n) is 15.9. The first-order chi connectivity index (χ1) is 13.7. The second-order valence-electron chi connectivity index (χ2n) is 6.53. The van der Waals surface area contributed by atoms with Crippen molar-refractivity contribution >= 4 is 22.6 Å². The molecule has 4 aromatic rings. The zero-order chi connectivity index (χ0) is 19.5. The smallest absolute Gasteiger partial charge is 0.260 e. The molecule has 0 aliphatic heterocycles. The van der Waals surface area contributed by atoms with Gasteiger partial charge in [-0.15, -0.1) is 0 Å². The molecule has 0 aliphatic rings. The van der Waals surface area contributed by atoms with Crippen LogP contribution in [0.2, 0.25) is 0 Å². The number of aryl methyl sites for hydroxylation is 1. The van der Waals surface area contributed by atoms with Crippen molar-refractivity contribution < 1.29 is 13.9 Å². The third kappa shape index (κ3) is 3.37. The standard InChI is InChI=1S/C24H21NO3/c1-3-27-18-13-14-21-19(15-18)22(23(28-21)17-10-5-4-6-11-17)24(26)25-20-12-8-7-9-16(20)2/h4-15H,3H2,1-2H3,(H,25,26). The van der Waals surface area contributed by atoms with Crippen molar-refractivity contribution in [2.45, 2.75) is 13.8 Å². The molecule has 1 heterocycles. The van der Waals surface area contributed by atoms with Crippen LogP contribution >= 0.6 is 0 Å². The molecule has 4 rings (SSSR count). The van der Waals surface area contributed by atoms with Gasteiger partial charge in [-0.1, -0.05) is 48.5 Å². The molecule has 0 saturated carbocycles. The molecular formula is C24H21NO3. The van der Waals surface area contributed by atoms with Crippen molar-refractivity contribution in [2.24, 2.45) is 0 Å². The predicted molar refractivity (Wildman–Crippen MR) is 112 cm³/mol. The van der Waals surface area contributed by atoms with E-state index in [0.29, 0.717) is 29.3 Å². The predicted octanol–water partition coefficient (Wildman–Crippen LogP) is 6.06. The second-order valence-corrected chi connectivity index (χ2v) is 6.53. The number of hydrogen-bond acceptors (Lipinski definition) is 3. The van der Waals surface area contributed by atoms with Gasteiger partial charge in [-0.3, -0.25) is 4.79 Å². The molecule has 0 fully saturated rings. The molecule has 4 heteroatoms. The minimum Gasteiger partial charge on any atom is -0.494 e. The van der Waals surface area contributed by atoms with E-state index < -0.39 is 0 Å². The topological polar surface area (TPSA) is 51.5 Å². The molecule has 1 amide bonds. The number of fused-ring (bicyclic) bond motifs is 1. The van der Waals surface area contributed by atoms with Crippen LogP contribution in [0.5, 0.6) is 5.75 Å². The Kier molecular flexibility index (Phi) is 4.85. The monoisotopic (exact) mass is 371 g/mol. The molecule has 28 heavy (non-hydrogen) atoms. The summed E-state index contributed by atoms with van der Waals surface area (Å²) in [7, 11) is 0. The van der Waals surface area contributed by atoms with E-state index in [1.807, 2.05) is 86.6 Å². The van der Waals surface area contributed by atoms with Crippen LogP contribution in [0, 0.1) is 6.92 Å². The van der Waals surface area contributed by atoms with Gasteiger partial charge in [-0.05, 0) is 43.7 Å². The largest absolute Gasteiger partial charge is 0.494 e. The van der Waals surface area contributed by atoms with E-state index in [2.05, 4.69) is 5.32 Å². The summed E-state index contributed by atoms with van der Waals surface area (Å²) in [4.78, 5) is 13.3. The van der Waals surface area contributed by atoms with E-state index in [0.717, 1.165) is 22.2 Å². The summed E-state index contributed by atoms with van der Waals surface area (Å²) in [5, 5.41) is 3.76. The number of hydrogen-bond donors (Lipinski definition) is 1. The van der Waals surface area contributed by atoms with Gasteiger partial charge < -0.3 is 14.5 Å². The van der Waals surface area contributed by atoms with Gasteiger partial charge in [0.1, 0.15) is 17.1 Å². The molecule has 0 unspecified atom stereocenters. The number of rotatable bonds is 5. The Morgan fingerprint density at radius 3 is 2.50 bits per heavy atom. The van der Waals surface area contributed by atoms with Crippen molar-refractivity contribution in [3.8, 4) is 17.1 Å². The molecule has 140 valence electrons. The number of furan rings is 1. The summed E-state index contributed by atoms with van der Waals surface area (Å²) in [6.07, 6.45) is 0. The summed E-state index contributed by atoms with van der Waals surface area (Å²) in [5.74, 6) is 1.05. The third-order valence-corrected chi connectivity index (χ3v) is 4.63. The van der Waals surface area contributed by atoms with Gasteiger partial charge in [0.25, 0.3) is 5.91 Å². The van der Waals surface area contributed by atoms with Crippen molar-refractivity contribution in [3.63, 3.8) is 0 Å². The first-order valence-electron chi connectivity index (χ1n) is 9.29. The van der Waals surface area contributed by atoms with Crippen LogP contribution in [0.15, 0.2) is 77.2 Å². The van der Waals surface area contributed by atoms with Crippen LogP contribution in [0.25, 0.3) is 22.3 Å². The van der Waals surface area contributed by atoms with Crippen LogP contribution in [-0.2, 0) is 0 Å². The van der Waals surface area contributed by atoms with Gasteiger partial charge in [-0.2, -0.15) is 0 Å². The van der Waals surface area contributed by atoms with Crippen LogP contribution in [0.3, 0.4) is 0 Å². The summed E-state index contributed by atoms with van der Waals surface area (Å²) >= 11 is 0. The Morgan fingerprint density at radius 1 is 1.00 bits per heavy atom. The van der Waals surface area contributed by atoms with Crippen LogP contribution in [0.1, 0.15) is 22.8 Å². The molecule has 0 saturated heterocycles. The molecule has 0 radical (unpaired) electrons. The average molecular weight is 371 g/mol. The first-order valence-corrected chi connectivity index (χ1v) is 9.29. The Bertz CT molecular complexity index is 1130. The Labute approximate surface area is 163 Å². The van der Waals surface area contributed by atoms with E-state index in [4.69, 9.17) is 9.15 Å². The average Bonchev–Trinajstić information content (AvgIpc) is 3.09. The lowest BCUT2D eigenvalue weighted by molar-refractivity contribution is 0.102. The highest BCUT2D eigenvalue weighted by Gasteiger charge is 2.23. The molecular weight excluding hydrogens is 350 g/mol. The van der Waals surface area contributed by atoms with E-state index in [1.165, 1.54) is 0 Å². The summed E-state index contributed by atoms with van der Waals surface area (Å²) < 4.78 is 11.7. The minimum atomic E-state index is -0.208. The number of anilines is 1. The highest BCUT2D eigenvalue weighted by Crippen LogP contribution is 2.36. The lowest BCUT2D eigenvalue weighted by atomic mass is 10.0. The number of amides is 1. The fraction of sp³-hybridized carbons (Fsp3) is 0.125. The van der Waals surface area contributed by atoms with Gasteiger partial charge in [0.2, 0.25) is 0 Å². The zero-order valence-corrected chi connectivity index (χ0v) is 15.9. The third-order valence-electron chi connectivity index (χ3n) is 4.63. The molecule has 3 aromatic carbocycles. The van der Waals surface area contributed by atoms with Gasteiger partial charge in [-0.25, -0.2) is 0 Å². The number of ether oxygens (including phenoxy) is 1. The Morgan fingerprint density at radius 2 is 1.75 bits per heavy atom. The molecule has 4 nitrogen and oxygen atoms in total. The number of nitrogens with one attached hydrogen (secondary N) is 1. The normalized spacial score (nSPS) is 10.8. The highest BCUT2D eigenvalue weighted by molar-refractivity contribution is 6.16. The fourth-order valence-corrected chi connectivity index (χ4v) is 3.25. The van der Waals surface area contributed by atoms with Gasteiger partial charge in [0.05, 0.1) is 12.2 Å². The molecule has 0 atom stereocenters. The molecule has 0 spiro atoms. The molecule has 0 bridgehead atoms. The maximum atomic E-state index is 13.3. The number of carbonyl (C=O) groups is 1. The van der Waals surface area contributed by atoms with E-state index >= 15 is 0 Å². The molecule has 0 aliphatic carbocycles. The van der Waals surface area contributed by atoms with E-state index in [9.17, 15) is 4.79 Å². The SMILES string of the molecule is CCOc1ccc2oc(-c3ccccc3)c(C(=O)Nc3ccccc3C)c2c1. The van der Waals surface area contributed by atoms with Gasteiger partial charge >= 0.3 is 0 Å². The second kappa shape index (κ2) is 7.61. The first kappa shape index (κ1) is 17.9. The quantitative estimate of drug-likeness (QED) is 0.464. The highest BCUT2D eigenvalue weighted by atomic mass is 16.5. The summed E-state index contributed by atoms with van der Waals surface area (Å²) in [6.45, 7) is 4.45. The fourth-order valence-electron chi connectivity index (χ4n) is 3.25. The Balaban J connectivity index is 1.86. The lowest BCUT2D eigenvalue weighted by Crippen LogP contribution is -2.13.